The third kappa shape index (κ3) is 2.04. The molecule has 1 atom stereocenters. The molecule has 0 aromatic carbocycles. The minimum atomic E-state index is -1.93. The first-order chi connectivity index (χ1) is 4.63. The van der Waals surface area contributed by atoms with Crippen molar-refractivity contribution in [3.8, 4) is 0 Å². The molecular weight excluding hydrogens is 140 g/mol. The van der Waals surface area contributed by atoms with Gasteiger partial charge in [-0.25, -0.2) is 0 Å². The number of carbonyl (C=O) groups excluding carboxylic acids is 3. The van der Waals surface area contributed by atoms with E-state index < -0.39 is 24.3 Å². The second kappa shape index (κ2) is 3.86. The van der Waals surface area contributed by atoms with Crippen LogP contribution in [0.4, 0.5) is 0 Å². The summed E-state index contributed by atoms with van der Waals surface area (Å²) in [6, 6.07) is 0. The first kappa shape index (κ1) is 8.93. The molecule has 0 fully saturated rings. The molecule has 0 saturated heterocycles. The zero-order valence-electron chi connectivity index (χ0n) is 4.98. The Hall–Kier alpha value is -1.07. The zero-order chi connectivity index (χ0) is 8.15. The van der Waals surface area contributed by atoms with Crippen molar-refractivity contribution in [2.75, 3.05) is 6.61 Å². The molecule has 2 N–H and O–H groups in total. The molecule has 0 bridgehead atoms. The number of aliphatic hydroxyl groups excluding tert-OH is 2. The van der Waals surface area contributed by atoms with Gasteiger partial charge in [-0.2, -0.15) is 0 Å². The van der Waals surface area contributed by atoms with Gasteiger partial charge in [0.05, 0.1) is 0 Å². The van der Waals surface area contributed by atoms with Gasteiger partial charge in [-0.3, -0.25) is 14.4 Å². The van der Waals surface area contributed by atoms with E-state index in [1.165, 1.54) is 0 Å². The third-order valence-corrected chi connectivity index (χ3v) is 0.816. The van der Waals surface area contributed by atoms with Crippen molar-refractivity contribution in [2.45, 2.75) is 6.10 Å². The summed E-state index contributed by atoms with van der Waals surface area (Å²) < 4.78 is 0. The van der Waals surface area contributed by atoms with Gasteiger partial charge in [0, 0.05) is 0 Å². The molecule has 0 unspecified atom stereocenters. The van der Waals surface area contributed by atoms with E-state index >= 15 is 0 Å². The SMILES string of the molecule is O=C[C@H](O)C(=O)C(=O)CO. The van der Waals surface area contributed by atoms with Gasteiger partial charge >= 0.3 is 0 Å². The highest BCUT2D eigenvalue weighted by Gasteiger charge is 2.20. The zero-order valence-corrected chi connectivity index (χ0v) is 4.98. The Morgan fingerprint density at radius 2 is 2.00 bits per heavy atom. The van der Waals surface area contributed by atoms with Crippen LogP contribution in [0.15, 0.2) is 0 Å². The van der Waals surface area contributed by atoms with E-state index in [0.29, 0.717) is 0 Å². The molecule has 56 valence electrons. The van der Waals surface area contributed by atoms with E-state index in [4.69, 9.17) is 10.2 Å². The number of hydrogen-bond donors (Lipinski definition) is 2. The maximum atomic E-state index is 10.3. The van der Waals surface area contributed by atoms with E-state index in [9.17, 15) is 14.4 Å². The molecule has 0 rings (SSSR count). The van der Waals surface area contributed by atoms with Crippen molar-refractivity contribution in [3.05, 3.63) is 0 Å². The fourth-order valence-electron chi connectivity index (χ4n) is 0.305. The Morgan fingerprint density at radius 3 is 2.30 bits per heavy atom. The Labute approximate surface area is 56.3 Å². The lowest BCUT2D eigenvalue weighted by Crippen LogP contribution is -2.31. The van der Waals surface area contributed by atoms with Gasteiger partial charge in [0.2, 0.25) is 11.6 Å². The van der Waals surface area contributed by atoms with Gasteiger partial charge in [0.25, 0.3) is 0 Å². The predicted octanol–water partition coefficient (Wildman–Crippen LogP) is -2.32. The Morgan fingerprint density at radius 1 is 1.50 bits per heavy atom. The molecule has 0 radical (unpaired) electrons. The number of carbonyl (C=O) groups is 3. The van der Waals surface area contributed by atoms with Gasteiger partial charge in [0.1, 0.15) is 6.61 Å². The standard InChI is InChI=1S/C5H6O5/c6-1-3(8)5(10)4(9)2-7/h1,3,7-8H,2H2/t3-/m0/s1. The fraction of sp³-hybridized carbons (Fsp3) is 0.400. The van der Waals surface area contributed by atoms with Crippen molar-refractivity contribution in [1.82, 2.24) is 0 Å². The normalized spacial score (nSPS) is 12.2. The minimum absolute atomic E-state index is 0.0735. The largest absolute Gasteiger partial charge is 0.388 e. The Bertz CT molecular complexity index is 161. The van der Waals surface area contributed by atoms with Gasteiger partial charge in [0.15, 0.2) is 12.4 Å². The summed E-state index contributed by atoms with van der Waals surface area (Å²) in [5.41, 5.74) is 0. The highest BCUT2D eigenvalue weighted by atomic mass is 16.3. The van der Waals surface area contributed by atoms with Crippen molar-refractivity contribution in [3.63, 3.8) is 0 Å². The molecule has 0 saturated carbocycles. The highest BCUT2D eigenvalue weighted by molar-refractivity contribution is 6.41. The number of Topliss-reactive ketones (excluding diaryl/α,β-unsaturated/α-hetero) is 2. The van der Waals surface area contributed by atoms with Crippen molar-refractivity contribution in [1.29, 1.82) is 0 Å². The lowest BCUT2D eigenvalue weighted by atomic mass is 10.2. The van der Waals surface area contributed by atoms with Crippen LogP contribution in [0.2, 0.25) is 0 Å². The number of ketones is 2. The van der Waals surface area contributed by atoms with E-state index in [1.807, 2.05) is 0 Å². The van der Waals surface area contributed by atoms with Crippen LogP contribution in [0.3, 0.4) is 0 Å². The quantitative estimate of drug-likeness (QED) is 0.264. The van der Waals surface area contributed by atoms with E-state index in [2.05, 4.69) is 0 Å². The van der Waals surface area contributed by atoms with E-state index in [1.54, 1.807) is 0 Å². The maximum absolute atomic E-state index is 10.3. The molecule has 0 amide bonds. The highest BCUT2D eigenvalue weighted by Crippen LogP contribution is 1.82. The Balaban J connectivity index is 4.07. The monoisotopic (exact) mass is 146 g/mol. The topological polar surface area (TPSA) is 91.7 Å². The third-order valence-electron chi connectivity index (χ3n) is 0.816. The molecule has 0 spiro atoms. The van der Waals surface area contributed by atoms with Gasteiger partial charge in [-0.1, -0.05) is 0 Å². The van der Waals surface area contributed by atoms with Crippen LogP contribution in [0.5, 0.6) is 0 Å². The van der Waals surface area contributed by atoms with Crippen LogP contribution < -0.4 is 0 Å². The predicted molar refractivity (Wildman–Crippen MR) is 29.2 cm³/mol. The number of aldehydes is 1. The number of hydrogen-bond acceptors (Lipinski definition) is 5. The van der Waals surface area contributed by atoms with Crippen LogP contribution in [-0.4, -0.2) is 40.8 Å². The molecule has 5 nitrogen and oxygen atoms in total. The number of aliphatic hydroxyl groups is 2. The van der Waals surface area contributed by atoms with Crippen LogP contribution in [0.25, 0.3) is 0 Å². The maximum Gasteiger partial charge on any atom is 0.236 e. The summed E-state index contributed by atoms with van der Waals surface area (Å²) in [6.45, 7) is -0.982. The van der Waals surface area contributed by atoms with E-state index in [-0.39, 0.29) is 6.29 Å². The first-order valence-electron chi connectivity index (χ1n) is 2.44. The molecule has 0 aliphatic carbocycles. The lowest BCUT2D eigenvalue weighted by Gasteiger charge is -1.96. The van der Waals surface area contributed by atoms with Gasteiger partial charge in [-0.15, -0.1) is 0 Å². The first-order valence-corrected chi connectivity index (χ1v) is 2.44. The molecule has 0 aliphatic rings. The summed E-state index contributed by atoms with van der Waals surface area (Å²) >= 11 is 0. The average molecular weight is 146 g/mol. The molecule has 0 aromatic rings. The minimum Gasteiger partial charge on any atom is -0.388 e. The van der Waals surface area contributed by atoms with Crippen LogP contribution in [0, 0.1) is 0 Å². The molecule has 10 heavy (non-hydrogen) atoms. The molecular formula is C5H6O5. The van der Waals surface area contributed by atoms with Crippen molar-refractivity contribution < 1.29 is 24.6 Å². The molecule has 0 heterocycles. The van der Waals surface area contributed by atoms with Crippen LogP contribution in [0.1, 0.15) is 0 Å². The summed E-state index contributed by atoms with van der Waals surface area (Å²) in [4.78, 5) is 30.2. The van der Waals surface area contributed by atoms with Gasteiger partial charge in [-0.05, 0) is 0 Å². The molecule has 0 aromatic heterocycles. The van der Waals surface area contributed by atoms with Crippen molar-refractivity contribution in [2.24, 2.45) is 0 Å². The second-order valence-corrected chi connectivity index (χ2v) is 1.53. The van der Waals surface area contributed by atoms with Crippen LogP contribution in [-0.2, 0) is 14.4 Å². The summed E-state index contributed by atoms with van der Waals surface area (Å²) in [6.07, 6.45) is -2.00. The lowest BCUT2D eigenvalue weighted by molar-refractivity contribution is -0.144. The molecule has 0 aliphatic heterocycles. The van der Waals surface area contributed by atoms with Crippen molar-refractivity contribution >= 4 is 17.9 Å². The summed E-state index contributed by atoms with van der Waals surface area (Å²) in [7, 11) is 0. The number of rotatable bonds is 4. The Kier molecular flexibility index (Phi) is 3.45. The smallest absolute Gasteiger partial charge is 0.236 e. The fourth-order valence-corrected chi connectivity index (χ4v) is 0.305. The molecule has 5 heteroatoms. The van der Waals surface area contributed by atoms with E-state index in [0.717, 1.165) is 0 Å². The van der Waals surface area contributed by atoms with Gasteiger partial charge < -0.3 is 10.2 Å². The average Bonchev–Trinajstić information content (AvgIpc) is 2.00. The summed E-state index contributed by atoms with van der Waals surface area (Å²) in [5.74, 6) is -2.45. The summed E-state index contributed by atoms with van der Waals surface area (Å²) in [5, 5.41) is 16.4. The second-order valence-electron chi connectivity index (χ2n) is 1.53. The van der Waals surface area contributed by atoms with Crippen LogP contribution >= 0.6 is 0 Å².